The summed E-state index contributed by atoms with van der Waals surface area (Å²) in [6, 6.07) is 16.7. The monoisotopic (exact) mass is 618 g/mol. The van der Waals surface area contributed by atoms with Gasteiger partial charge in [-0.15, -0.1) is 0 Å². The van der Waals surface area contributed by atoms with Crippen molar-refractivity contribution in [1.82, 2.24) is 15.2 Å². The molecule has 9 nitrogen and oxygen atoms in total. The van der Waals surface area contributed by atoms with Gasteiger partial charge in [-0.05, 0) is 79.8 Å². The first kappa shape index (κ1) is 28.8. The fourth-order valence-corrected chi connectivity index (χ4v) is 6.34. The minimum atomic E-state index is -0.814. The summed E-state index contributed by atoms with van der Waals surface area (Å²) in [6.45, 7) is 8.85. The van der Waals surface area contributed by atoms with E-state index in [9.17, 15) is 14.4 Å². The highest BCUT2D eigenvalue weighted by molar-refractivity contribution is 9.10. The molecular weight excluding hydrogens is 584 g/mol. The lowest BCUT2D eigenvalue weighted by atomic mass is 10.0. The molecule has 1 unspecified atom stereocenters. The van der Waals surface area contributed by atoms with Crippen LogP contribution in [0, 0.1) is 13.8 Å². The van der Waals surface area contributed by atoms with Gasteiger partial charge in [0.05, 0.1) is 0 Å². The Morgan fingerprint density at radius 2 is 1.71 bits per heavy atom. The molecule has 0 spiro atoms. The molecule has 5 rings (SSSR count). The number of piperidine rings is 1. The van der Waals surface area contributed by atoms with Crippen LogP contribution >= 0.6 is 15.9 Å². The van der Waals surface area contributed by atoms with Crippen molar-refractivity contribution in [3.05, 3.63) is 82.0 Å². The number of halogens is 1. The van der Waals surface area contributed by atoms with Crippen LogP contribution in [0.2, 0.25) is 0 Å². The largest absolute Gasteiger partial charge is 0.354 e. The molecule has 2 saturated heterocycles. The van der Waals surface area contributed by atoms with Gasteiger partial charge in [-0.3, -0.25) is 19.3 Å². The van der Waals surface area contributed by atoms with Crippen LogP contribution in [0.15, 0.2) is 65.3 Å². The number of hydrogen-bond acceptors (Lipinski definition) is 6. The molecule has 2 fully saturated rings. The summed E-state index contributed by atoms with van der Waals surface area (Å²) >= 11 is 3.50. The van der Waals surface area contributed by atoms with Gasteiger partial charge >= 0.3 is 11.8 Å². The highest BCUT2D eigenvalue weighted by atomic mass is 79.9. The molecule has 2 aromatic carbocycles. The van der Waals surface area contributed by atoms with Crippen LogP contribution < -0.4 is 20.4 Å². The predicted molar refractivity (Wildman–Crippen MR) is 164 cm³/mol. The number of rotatable bonds is 6. The first-order valence-corrected chi connectivity index (χ1v) is 14.7. The molecule has 2 aliphatic rings. The van der Waals surface area contributed by atoms with E-state index in [0.717, 1.165) is 71.8 Å². The molecule has 0 bridgehead atoms. The maximum atomic E-state index is 13.3. The first-order valence-electron chi connectivity index (χ1n) is 14.0. The van der Waals surface area contributed by atoms with Crippen LogP contribution in [0.3, 0.4) is 0 Å². The average Bonchev–Trinajstić information content (AvgIpc) is 2.95. The van der Waals surface area contributed by atoms with Gasteiger partial charge in [-0.1, -0.05) is 34.1 Å². The standard InChI is InChI=1S/C31H35BrN6O3/c1-21-17-24(32)18-22(2)28(21)38-12-6-9-26(31(38)41)35-30(40)29(39)34-25-8-5-7-23(19-25)20-36-13-15-37(16-14-36)27-10-3-4-11-33-27/h3-5,7-8,10-11,17-19,26H,6,9,12-16,20H2,1-2H3,(H,34,39)(H,35,40). The van der Waals surface area contributed by atoms with Crippen molar-refractivity contribution in [2.24, 2.45) is 0 Å². The van der Waals surface area contributed by atoms with E-state index in [2.05, 4.69) is 41.3 Å². The highest BCUT2D eigenvalue weighted by Gasteiger charge is 2.33. The van der Waals surface area contributed by atoms with Gasteiger partial charge in [0.2, 0.25) is 5.91 Å². The summed E-state index contributed by atoms with van der Waals surface area (Å²) < 4.78 is 0.953. The van der Waals surface area contributed by atoms with Crippen molar-refractivity contribution in [3.8, 4) is 0 Å². The Labute approximate surface area is 249 Å². The topological polar surface area (TPSA) is 97.9 Å². The predicted octanol–water partition coefficient (Wildman–Crippen LogP) is 4.03. The molecule has 41 heavy (non-hydrogen) atoms. The second-order valence-electron chi connectivity index (χ2n) is 10.7. The lowest BCUT2D eigenvalue weighted by Crippen LogP contribution is -2.54. The Balaban J connectivity index is 1.15. The van der Waals surface area contributed by atoms with E-state index in [4.69, 9.17) is 0 Å². The number of aryl methyl sites for hydroxylation is 2. The zero-order chi connectivity index (χ0) is 28.9. The number of nitrogens with zero attached hydrogens (tertiary/aromatic N) is 4. The van der Waals surface area contributed by atoms with Crippen molar-refractivity contribution >= 4 is 50.8 Å². The first-order chi connectivity index (χ1) is 19.8. The molecule has 0 saturated carbocycles. The van der Waals surface area contributed by atoms with Crippen molar-refractivity contribution in [2.45, 2.75) is 39.3 Å². The third kappa shape index (κ3) is 6.94. The van der Waals surface area contributed by atoms with E-state index in [1.165, 1.54) is 0 Å². The maximum absolute atomic E-state index is 13.3. The van der Waals surface area contributed by atoms with Crippen molar-refractivity contribution in [3.63, 3.8) is 0 Å². The fraction of sp³-hybridized carbons (Fsp3) is 0.355. The van der Waals surface area contributed by atoms with E-state index < -0.39 is 17.9 Å². The summed E-state index contributed by atoms with van der Waals surface area (Å²) in [5, 5.41) is 5.37. The summed E-state index contributed by atoms with van der Waals surface area (Å²) in [4.78, 5) is 49.7. The minimum Gasteiger partial charge on any atom is -0.354 e. The van der Waals surface area contributed by atoms with Crippen LogP contribution in [-0.2, 0) is 20.9 Å². The van der Waals surface area contributed by atoms with Crippen LogP contribution in [-0.4, -0.2) is 66.4 Å². The Morgan fingerprint density at radius 1 is 0.951 bits per heavy atom. The number of hydrogen-bond donors (Lipinski definition) is 2. The number of amides is 3. The minimum absolute atomic E-state index is 0.198. The normalized spacial score (nSPS) is 17.8. The molecule has 2 N–H and O–H groups in total. The molecule has 1 aromatic heterocycles. The lowest BCUT2D eigenvalue weighted by Gasteiger charge is -2.35. The van der Waals surface area contributed by atoms with Crippen LogP contribution in [0.1, 0.15) is 29.5 Å². The Morgan fingerprint density at radius 3 is 2.41 bits per heavy atom. The Kier molecular flexibility index (Phi) is 8.99. The second-order valence-corrected chi connectivity index (χ2v) is 11.6. The number of benzene rings is 2. The van der Waals surface area contributed by atoms with Crippen LogP contribution in [0.4, 0.5) is 17.2 Å². The number of pyridine rings is 1. The zero-order valence-corrected chi connectivity index (χ0v) is 25.0. The molecule has 214 valence electrons. The molecule has 2 aliphatic heterocycles. The van der Waals surface area contributed by atoms with E-state index >= 15 is 0 Å². The smallest absolute Gasteiger partial charge is 0.313 e. The fourth-order valence-electron chi connectivity index (χ4n) is 5.65. The molecule has 3 amide bonds. The van der Waals surface area contributed by atoms with Gasteiger partial charge in [0.25, 0.3) is 0 Å². The van der Waals surface area contributed by atoms with Crippen LogP contribution in [0.25, 0.3) is 0 Å². The summed E-state index contributed by atoms with van der Waals surface area (Å²) in [6.07, 6.45) is 3.03. The van der Waals surface area contributed by atoms with E-state index in [-0.39, 0.29) is 5.91 Å². The number of anilines is 3. The Bertz CT molecular complexity index is 1400. The molecule has 10 heteroatoms. The summed E-state index contributed by atoms with van der Waals surface area (Å²) in [5.41, 5.74) is 4.41. The van der Waals surface area contributed by atoms with Gasteiger partial charge < -0.3 is 20.4 Å². The quantitative estimate of drug-likeness (QED) is 0.405. The Hall–Kier alpha value is -3.76. The molecular formula is C31H35BrN6O3. The molecule has 3 heterocycles. The number of piperazine rings is 1. The third-order valence-electron chi connectivity index (χ3n) is 7.61. The number of aromatic nitrogens is 1. The number of carbonyl (C=O) groups is 3. The molecule has 3 aromatic rings. The maximum Gasteiger partial charge on any atom is 0.313 e. The summed E-state index contributed by atoms with van der Waals surface area (Å²) in [5.74, 6) is -0.801. The van der Waals surface area contributed by atoms with Crippen LogP contribution in [0.5, 0.6) is 0 Å². The van der Waals surface area contributed by atoms with Gasteiger partial charge in [-0.25, -0.2) is 4.98 Å². The lowest BCUT2D eigenvalue weighted by molar-refractivity contribution is -0.138. The third-order valence-corrected chi connectivity index (χ3v) is 8.07. The zero-order valence-electron chi connectivity index (χ0n) is 23.4. The highest BCUT2D eigenvalue weighted by Crippen LogP contribution is 2.31. The number of nitrogens with one attached hydrogen (secondary N) is 2. The van der Waals surface area contributed by atoms with Gasteiger partial charge in [0.15, 0.2) is 0 Å². The van der Waals surface area contributed by atoms with Gasteiger partial charge in [0, 0.05) is 61.3 Å². The van der Waals surface area contributed by atoms with E-state index in [1.54, 1.807) is 11.0 Å². The molecule has 0 radical (unpaired) electrons. The molecule has 1 atom stereocenters. The van der Waals surface area contributed by atoms with E-state index in [1.807, 2.05) is 68.6 Å². The van der Waals surface area contributed by atoms with Crippen molar-refractivity contribution in [1.29, 1.82) is 0 Å². The van der Waals surface area contributed by atoms with Crippen molar-refractivity contribution < 1.29 is 14.4 Å². The van der Waals surface area contributed by atoms with Gasteiger partial charge in [-0.2, -0.15) is 0 Å². The second kappa shape index (κ2) is 12.8. The van der Waals surface area contributed by atoms with E-state index in [0.29, 0.717) is 18.7 Å². The van der Waals surface area contributed by atoms with Crippen molar-refractivity contribution in [2.75, 3.05) is 47.8 Å². The molecule has 0 aliphatic carbocycles. The van der Waals surface area contributed by atoms with Gasteiger partial charge in [0.1, 0.15) is 11.9 Å². The average molecular weight is 620 g/mol. The number of carbonyl (C=O) groups excluding carboxylic acids is 3. The SMILES string of the molecule is Cc1cc(Br)cc(C)c1N1CCCC(NC(=O)C(=O)Nc2cccc(CN3CCN(c4ccccn4)CC3)c2)C1=O. The summed E-state index contributed by atoms with van der Waals surface area (Å²) in [7, 11) is 0.